The van der Waals surface area contributed by atoms with Crippen molar-refractivity contribution in [2.24, 2.45) is 0 Å². The standard InChI is InChI=1S/C21H21F3IN3O/c22-21(23,24)18-9-8-17(12-26-18)27-14-20(10-2-1-3-11-20)28(19(27)29)13-15-4-6-16(25)7-5-15/h4-9,12H,1-3,10-11,13-14H2. The van der Waals surface area contributed by atoms with Gasteiger partial charge in [-0.15, -0.1) is 0 Å². The topological polar surface area (TPSA) is 36.4 Å². The van der Waals surface area contributed by atoms with Crippen LogP contribution in [0.25, 0.3) is 0 Å². The number of aromatic nitrogens is 1. The summed E-state index contributed by atoms with van der Waals surface area (Å²) in [6.45, 7) is 0.990. The third kappa shape index (κ3) is 4.08. The molecule has 4 nitrogen and oxygen atoms in total. The average Bonchev–Trinajstić information content (AvgIpc) is 2.95. The summed E-state index contributed by atoms with van der Waals surface area (Å²) in [7, 11) is 0. The molecular weight excluding hydrogens is 494 g/mol. The Kier molecular flexibility index (Phi) is 5.48. The zero-order valence-corrected chi connectivity index (χ0v) is 17.9. The summed E-state index contributed by atoms with van der Waals surface area (Å²) in [4.78, 5) is 20.4. The fourth-order valence-corrected chi connectivity index (χ4v) is 4.72. The van der Waals surface area contributed by atoms with E-state index in [9.17, 15) is 18.0 Å². The first-order valence-electron chi connectivity index (χ1n) is 9.65. The van der Waals surface area contributed by atoms with Crippen molar-refractivity contribution in [2.45, 2.75) is 50.4 Å². The van der Waals surface area contributed by atoms with E-state index in [0.29, 0.717) is 18.8 Å². The molecule has 2 amide bonds. The Morgan fingerprint density at radius 3 is 2.31 bits per heavy atom. The molecule has 0 radical (unpaired) electrons. The van der Waals surface area contributed by atoms with E-state index in [4.69, 9.17) is 0 Å². The van der Waals surface area contributed by atoms with Crippen LogP contribution in [0.2, 0.25) is 0 Å². The quantitative estimate of drug-likeness (QED) is 0.481. The molecule has 1 saturated heterocycles. The third-order valence-electron chi connectivity index (χ3n) is 5.88. The van der Waals surface area contributed by atoms with Crippen LogP contribution in [-0.4, -0.2) is 28.0 Å². The molecule has 2 aliphatic rings. The summed E-state index contributed by atoms with van der Waals surface area (Å²) < 4.78 is 39.6. The minimum Gasteiger partial charge on any atom is -0.313 e. The van der Waals surface area contributed by atoms with Crippen molar-refractivity contribution in [3.05, 3.63) is 57.4 Å². The summed E-state index contributed by atoms with van der Waals surface area (Å²) in [5.41, 5.74) is 0.242. The van der Waals surface area contributed by atoms with Gasteiger partial charge in [0.25, 0.3) is 0 Å². The summed E-state index contributed by atoms with van der Waals surface area (Å²) in [6, 6.07) is 10.2. The van der Waals surface area contributed by atoms with Gasteiger partial charge in [0.2, 0.25) is 0 Å². The molecule has 1 aromatic heterocycles. The zero-order chi connectivity index (χ0) is 20.6. The monoisotopic (exact) mass is 515 g/mol. The molecule has 0 bridgehead atoms. The van der Waals surface area contributed by atoms with Crippen molar-refractivity contribution in [3.63, 3.8) is 0 Å². The number of nitrogens with zero attached hydrogens (tertiary/aromatic N) is 3. The van der Waals surface area contributed by atoms with Gasteiger partial charge in [0.1, 0.15) is 5.69 Å². The van der Waals surface area contributed by atoms with Crippen LogP contribution in [0.1, 0.15) is 43.4 Å². The number of carbonyl (C=O) groups is 1. The molecule has 1 spiro atoms. The number of alkyl halides is 3. The molecule has 1 aromatic carbocycles. The lowest BCUT2D eigenvalue weighted by Crippen LogP contribution is -2.48. The van der Waals surface area contributed by atoms with E-state index in [1.165, 1.54) is 6.07 Å². The summed E-state index contributed by atoms with van der Waals surface area (Å²) in [5.74, 6) is 0. The summed E-state index contributed by atoms with van der Waals surface area (Å²) in [6.07, 6.45) is 1.74. The van der Waals surface area contributed by atoms with Crippen LogP contribution >= 0.6 is 22.6 Å². The van der Waals surface area contributed by atoms with E-state index < -0.39 is 11.9 Å². The number of amides is 2. The molecule has 0 N–H and O–H groups in total. The number of hydrogen-bond donors (Lipinski definition) is 0. The Labute approximate surface area is 181 Å². The van der Waals surface area contributed by atoms with Crippen LogP contribution in [0, 0.1) is 3.57 Å². The van der Waals surface area contributed by atoms with E-state index in [0.717, 1.165) is 53.5 Å². The highest BCUT2D eigenvalue weighted by atomic mass is 127. The lowest BCUT2D eigenvalue weighted by atomic mass is 9.81. The Bertz CT molecular complexity index is 878. The normalized spacial score (nSPS) is 19.2. The van der Waals surface area contributed by atoms with Crippen LogP contribution in [0.4, 0.5) is 23.7 Å². The number of carbonyl (C=O) groups excluding carboxylic acids is 1. The van der Waals surface area contributed by atoms with Gasteiger partial charge in [0.15, 0.2) is 0 Å². The summed E-state index contributed by atoms with van der Waals surface area (Å²) in [5, 5.41) is 0. The Morgan fingerprint density at radius 1 is 1.03 bits per heavy atom. The van der Waals surface area contributed by atoms with Crippen molar-refractivity contribution in [3.8, 4) is 0 Å². The van der Waals surface area contributed by atoms with Gasteiger partial charge in [0, 0.05) is 10.1 Å². The molecule has 1 saturated carbocycles. The van der Waals surface area contributed by atoms with Gasteiger partial charge < -0.3 is 4.90 Å². The van der Waals surface area contributed by atoms with Gasteiger partial charge in [-0.3, -0.25) is 4.90 Å². The largest absolute Gasteiger partial charge is 0.433 e. The van der Waals surface area contributed by atoms with Crippen molar-refractivity contribution in [1.82, 2.24) is 9.88 Å². The van der Waals surface area contributed by atoms with E-state index in [1.807, 2.05) is 29.2 Å². The number of hydrogen-bond acceptors (Lipinski definition) is 2. The van der Waals surface area contributed by atoms with Crippen LogP contribution in [0.3, 0.4) is 0 Å². The van der Waals surface area contributed by atoms with Gasteiger partial charge in [-0.05, 0) is 65.3 Å². The van der Waals surface area contributed by atoms with Crippen LogP contribution in [0.15, 0.2) is 42.6 Å². The lowest BCUT2D eigenvalue weighted by Gasteiger charge is -2.40. The predicted octanol–water partition coefficient (Wildman–Crippen LogP) is 5.85. The molecule has 2 aromatic rings. The van der Waals surface area contributed by atoms with Crippen molar-refractivity contribution < 1.29 is 18.0 Å². The molecule has 4 rings (SSSR count). The minimum atomic E-state index is -4.49. The van der Waals surface area contributed by atoms with Crippen LogP contribution in [0.5, 0.6) is 0 Å². The van der Waals surface area contributed by atoms with Gasteiger partial charge in [-0.2, -0.15) is 13.2 Å². The Balaban J connectivity index is 1.63. The molecule has 1 aliphatic heterocycles. The van der Waals surface area contributed by atoms with Gasteiger partial charge >= 0.3 is 12.2 Å². The SMILES string of the molecule is O=C1N(c2ccc(C(F)(F)F)nc2)CC2(CCCCC2)N1Cc1ccc(I)cc1. The predicted molar refractivity (Wildman–Crippen MR) is 112 cm³/mol. The number of benzene rings is 1. The van der Waals surface area contributed by atoms with E-state index in [2.05, 4.69) is 27.6 Å². The molecule has 0 atom stereocenters. The maximum absolute atomic E-state index is 13.3. The molecule has 2 heterocycles. The van der Waals surface area contributed by atoms with Crippen molar-refractivity contribution >= 4 is 34.3 Å². The molecular formula is C21H21F3IN3O. The van der Waals surface area contributed by atoms with E-state index in [1.54, 1.807) is 4.90 Å². The smallest absolute Gasteiger partial charge is 0.313 e. The summed E-state index contributed by atoms with van der Waals surface area (Å²) >= 11 is 2.25. The lowest BCUT2D eigenvalue weighted by molar-refractivity contribution is -0.141. The first-order valence-corrected chi connectivity index (χ1v) is 10.7. The molecule has 0 unspecified atom stereocenters. The van der Waals surface area contributed by atoms with Gasteiger partial charge in [-0.25, -0.2) is 9.78 Å². The zero-order valence-electron chi connectivity index (χ0n) is 15.8. The maximum Gasteiger partial charge on any atom is 0.433 e. The molecule has 154 valence electrons. The molecule has 8 heteroatoms. The Hall–Kier alpha value is -1.84. The molecule has 2 fully saturated rings. The van der Waals surface area contributed by atoms with Crippen molar-refractivity contribution in [2.75, 3.05) is 11.4 Å². The first-order chi connectivity index (χ1) is 13.8. The maximum atomic E-state index is 13.3. The van der Waals surface area contributed by atoms with Crippen LogP contribution < -0.4 is 4.90 Å². The van der Waals surface area contributed by atoms with E-state index >= 15 is 0 Å². The molecule has 29 heavy (non-hydrogen) atoms. The van der Waals surface area contributed by atoms with Gasteiger partial charge in [0.05, 0.1) is 24.0 Å². The third-order valence-corrected chi connectivity index (χ3v) is 6.59. The highest BCUT2D eigenvalue weighted by Gasteiger charge is 2.50. The number of rotatable bonds is 3. The number of urea groups is 1. The van der Waals surface area contributed by atoms with Gasteiger partial charge in [-0.1, -0.05) is 31.4 Å². The minimum absolute atomic E-state index is 0.160. The number of anilines is 1. The second kappa shape index (κ2) is 7.77. The second-order valence-corrected chi connectivity index (χ2v) is 9.01. The fourth-order valence-electron chi connectivity index (χ4n) is 4.36. The van der Waals surface area contributed by atoms with E-state index in [-0.39, 0.29) is 11.6 Å². The second-order valence-electron chi connectivity index (χ2n) is 7.77. The first kappa shape index (κ1) is 20.4. The highest BCUT2D eigenvalue weighted by Crippen LogP contribution is 2.42. The number of halogens is 4. The highest BCUT2D eigenvalue weighted by molar-refractivity contribution is 14.1. The van der Waals surface area contributed by atoms with Crippen molar-refractivity contribution in [1.29, 1.82) is 0 Å². The Morgan fingerprint density at radius 2 is 1.72 bits per heavy atom. The number of pyridine rings is 1. The molecule has 1 aliphatic carbocycles. The van der Waals surface area contributed by atoms with Crippen LogP contribution in [-0.2, 0) is 12.7 Å². The average molecular weight is 515 g/mol. The fraction of sp³-hybridized carbons (Fsp3) is 0.429.